The van der Waals surface area contributed by atoms with Crippen LogP contribution < -0.4 is 11.1 Å². The number of nitrogens with two attached hydrogens (primary N) is 1. The summed E-state index contributed by atoms with van der Waals surface area (Å²) in [7, 11) is 1.68. The minimum absolute atomic E-state index is 0.431. The third-order valence-electron chi connectivity index (χ3n) is 3.36. The van der Waals surface area contributed by atoms with Crippen LogP contribution in [0.1, 0.15) is 24.8 Å². The van der Waals surface area contributed by atoms with Crippen LogP contribution in [-0.2, 0) is 16.1 Å². The lowest BCUT2D eigenvalue weighted by Gasteiger charge is -2.10. The molecule has 1 aromatic carbocycles. The molecule has 0 radical (unpaired) electrons. The third kappa shape index (κ3) is 6.14. The first-order valence-corrected chi connectivity index (χ1v) is 7.51. The second-order valence-corrected chi connectivity index (χ2v) is 5.35. The summed E-state index contributed by atoms with van der Waals surface area (Å²) in [6.07, 6.45) is 3.56. The van der Waals surface area contributed by atoms with Gasteiger partial charge in [-0.05, 0) is 31.2 Å². The molecule has 1 saturated carbocycles. The van der Waals surface area contributed by atoms with Gasteiger partial charge in [0.15, 0.2) is 5.96 Å². The summed E-state index contributed by atoms with van der Waals surface area (Å²) in [6, 6.07) is 7.91. The maximum atomic E-state index is 5.90. The summed E-state index contributed by atoms with van der Waals surface area (Å²) in [4.78, 5) is 4.32. The van der Waals surface area contributed by atoms with E-state index in [9.17, 15) is 0 Å². The zero-order chi connectivity index (χ0) is 14.9. The number of rotatable bonds is 9. The molecule has 0 atom stereocenters. The predicted octanol–water partition coefficient (Wildman–Crippen LogP) is 2.38. The van der Waals surface area contributed by atoms with E-state index >= 15 is 0 Å². The highest BCUT2D eigenvalue weighted by Crippen LogP contribution is 2.28. The SMILES string of the molecule is COCc1ccccc1NC(N)=NCCCOCC1CC1. The van der Waals surface area contributed by atoms with Crippen molar-refractivity contribution in [3.8, 4) is 0 Å². The van der Waals surface area contributed by atoms with Crippen LogP contribution in [0.2, 0.25) is 0 Å². The van der Waals surface area contributed by atoms with Crippen molar-refractivity contribution in [2.24, 2.45) is 16.6 Å². The molecule has 0 aromatic heterocycles. The number of benzene rings is 1. The average molecular weight is 291 g/mol. The first-order chi connectivity index (χ1) is 10.3. The number of anilines is 1. The lowest BCUT2D eigenvalue weighted by atomic mass is 10.2. The van der Waals surface area contributed by atoms with Crippen LogP contribution >= 0.6 is 0 Å². The molecule has 1 aromatic rings. The van der Waals surface area contributed by atoms with Crippen molar-refractivity contribution in [1.29, 1.82) is 0 Å². The van der Waals surface area contributed by atoms with Crippen molar-refractivity contribution >= 4 is 11.6 Å². The minimum Gasteiger partial charge on any atom is -0.381 e. The van der Waals surface area contributed by atoms with E-state index in [4.69, 9.17) is 15.2 Å². The van der Waals surface area contributed by atoms with Gasteiger partial charge in [0.2, 0.25) is 0 Å². The van der Waals surface area contributed by atoms with Gasteiger partial charge < -0.3 is 20.5 Å². The quantitative estimate of drug-likeness (QED) is 0.416. The van der Waals surface area contributed by atoms with Gasteiger partial charge in [0.1, 0.15) is 0 Å². The molecule has 2 rings (SSSR count). The zero-order valence-corrected chi connectivity index (χ0v) is 12.7. The first kappa shape index (κ1) is 15.8. The number of para-hydroxylation sites is 1. The van der Waals surface area contributed by atoms with E-state index in [0.717, 1.165) is 36.8 Å². The number of methoxy groups -OCH3 is 1. The molecule has 5 nitrogen and oxygen atoms in total. The van der Waals surface area contributed by atoms with E-state index in [0.29, 0.717) is 19.1 Å². The topological polar surface area (TPSA) is 68.9 Å². The number of guanidine groups is 1. The normalized spacial score (nSPS) is 15.2. The van der Waals surface area contributed by atoms with Gasteiger partial charge in [0.25, 0.3) is 0 Å². The molecule has 0 unspecified atom stereocenters. The Kier molecular flexibility index (Phi) is 6.50. The number of hydrogen-bond acceptors (Lipinski definition) is 3. The third-order valence-corrected chi connectivity index (χ3v) is 3.36. The number of ether oxygens (including phenoxy) is 2. The fourth-order valence-electron chi connectivity index (χ4n) is 2.00. The van der Waals surface area contributed by atoms with Gasteiger partial charge in [-0.3, -0.25) is 4.99 Å². The van der Waals surface area contributed by atoms with Crippen molar-refractivity contribution in [2.45, 2.75) is 25.9 Å². The van der Waals surface area contributed by atoms with Crippen molar-refractivity contribution in [1.82, 2.24) is 0 Å². The standard InChI is InChI=1S/C16H25N3O2/c1-20-12-14-5-2-3-6-15(14)19-16(17)18-9-4-10-21-11-13-7-8-13/h2-3,5-6,13H,4,7-12H2,1H3,(H3,17,18,19). The molecule has 0 bridgehead atoms. The van der Waals surface area contributed by atoms with Crippen LogP contribution in [0.15, 0.2) is 29.3 Å². The Hall–Kier alpha value is -1.59. The van der Waals surface area contributed by atoms with Crippen LogP contribution in [0.25, 0.3) is 0 Å². The highest BCUT2D eigenvalue weighted by atomic mass is 16.5. The lowest BCUT2D eigenvalue weighted by Crippen LogP contribution is -2.23. The summed E-state index contributed by atoms with van der Waals surface area (Å²) < 4.78 is 10.7. The number of hydrogen-bond donors (Lipinski definition) is 2. The Labute approximate surface area is 126 Å². The number of nitrogens with zero attached hydrogens (tertiary/aromatic N) is 1. The minimum atomic E-state index is 0.431. The molecule has 0 heterocycles. The van der Waals surface area contributed by atoms with Gasteiger partial charge in [-0.15, -0.1) is 0 Å². The van der Waals surface area contributed by atoms with Crippen molar-refractivity contribution in [2.75, 3.05) is 32.2 Å². The first-order valence-electron chi connectivity index (χ1n) is 7.51. The molecule has 116 valence electrons. The summed E-state index contributed by atoms with van der Waals surface area (Å²) >= 11 is 0. The Bertz CT molecular complexity index is 459. The van der Waals surface area contributed by atoms with E-state index in [1.165, 1.54) is 12.8 Å². The predicted molar refractivity (Wildman–Crippen MR) is 85.4 cm³/mol. The van der Waals surface area contributed by atoms with E-state index < -0.39 is 0 Å². The van der Waals surface area contributed by atoms with E-state index in [1.807, 2.05) is 24.3 Å². The van der Waals surface area contributed by atoms with E-state index in [-0.39, 0.29) is 0 Å². The number of nitrogens with one attached hydrogen (secondary N) is 1. The Morgan fingerprint density at radius 3 is 2.95 bits per heavy atom. The molecular weight excluding hydrogens is 266 g/mol. The molecular formula is C16H25N3O2. The van der Waals surface area contributed by atoms with Gasteiger partial charge in [0, 0.05) is 38.1 Å². The molecule has 21 heavy (non-hydrogen) atoms. The molecule has 5 heteroatoms. The molecule has 0 spiro atoms. The van der Waals surface area contributed by atoms with Crippen LogP contribution in [0.4, 0.5) is 5.69 Å². The summed E-state index contributed by atoms with van der Waals surface area (Å²) in [5, 5.41) is 3.12. The Morgan fingerprint density at radius 1 is 1.38 bits per heavy atom. The van der Waals surface area contributed by atoms with Gasteiger partial charge >= 0.3 is 0 Å². The molecule has 0 amide bonds. The summed E-state index contributed by atoms with van der Waals surface area (Å²) in [5.41, 5.74) is 7.90. The zero-order valence-electron chi connectivity index (χ0n) is 12.7. The van der Waals surface area contributed by atoms with E-state index in [1.54, 1.807) is 7.11 Å². The van der Waals surface area contributed by atoms with Gasteiger partial charge in [-0.1, -0.05) is 18.2 Å². The van der Waals surface area contributed by atoms with Gasteiger partial charge in [0.05, 0.1) is 6.61 Å². The molecule has 1 aliphatic carbocycles. The van der Waals surface area contributed by atoms with E-state index in [2.05, 4.69) is 10.3 Å². The largest absolute Gasteiger partial charge is 0.381 e. The van der Waals surface area contributed by atoms with Crippen molar-refractivity contribution in [3.63, 3.8) is 0 Å². The second-order valence-electron chi connectivity index (χ2n) is 5.35. The highest BCUT2D eigenvalue weighted by Gasteiger charge is 2.20. The Balaban J connectivity index is 1.69. The van der Waals surface area contributed by atoms with Crippen LogP contribution in [-0.4, -0.2) is 32.8 Å². The molecule has 0 saturated heterocycles. The Morgan fingerprint density at radius 2 is 2.19 bits per heavy atom. The molecule has 1 fully saturated rings. The maximum absolute atomic E-state index is 5.90. The molecule has 1 aliphatic rings. The fraction of sp³-hybridized carbons (Fsp3) is 0.562. The molecule has 3 N–H and O–H groups in total. The summed E-state index contributed by atoms with van der Waals surface area (Å²) in [6.45, 7) is 2.89. The maximum Gasteiger partial charge on any atom is 0.193 e. The van der Waals surface area contributed by atoms with Crippen molar-refractivity contribution in [3.05, 3.63) is 29.8 Å². The average Bonchev–Trinajstić information content (AvgIpc) is 3.29. The monoisotopic (exact) mass is 291 g/mol. The van der Waals surface area contributed by atoms with Crippen LogP contribution in [0, 0.1) is 5.92 Å². The van der Waals surface area contributed by atoms with Crippen molar-refractivity contribution < 1.29 is 9.47 Å². The van der Waals surface area contributed by atoms with Gasteiger partial charge in [-0.2, -0.15) is 0 Å². The van der Waals surface area contributed by atoms with Crippen LogP contribution in [0.5, 0.6) is 0 Å². The van der Waals surface area contributed by atoms with Crippen LogP contribution in [0.3, 0.4) is 0 Å². The summed E-state index contributed by atoms with van der Waals surface area (Å²) in [5.74, 6) is 1.25. The number of aliphatic imine (C=N–C) groups is 1. The second kappa shape index (κ2) is 8.64. The highest BCUT2D eigenvalue weighted by molar-refractivity contribution is 5.92. The molecule has 0 aliphatic heterocycles. The smallest absolute Gasteiger partial charge is 0.193 e. The lowest BCUT2D eigenvalue weighted by molar-refractivity contribution is 0.123. The van der Waals surface area contributed by atoms with Gasteiger partial charge in [-0.25, -0.2) is 0 Å². The fourth-order valence-corrected chi connectivity index (χ4v) is 2.00.